The molecule has 1 aromatic heterocycles. The third kappa shape index (κ3) is 2.59. The third-order valence-corrected chi connectivity index (χ3v) is 3.52. The zero-order chi connectivity index (χ0) is 10.7. The van der Waals surface area contributed by atoms with Gasteiger partial charge in [-0.3, -0.25) is 0 Å². The zero-order valence-electron chi connectivity index (χ0n) is 8.45. The molecule has 4 nitrogen and oxygen atoms in total. The van der Waals surface area contributed by atoms with E-state index in [9.17, 15) is 0 Å². The van der Waals surface area contributed by atoms with Gasteiger partial charge >= 0.3 is 0 Å². The molecule has 1 aromatic rings. The molecule has 0 atom stereocenters. The number of ether oxygens (including phenoxy) is 1. The lowest BCUT2D eigenvalue weighted by Gasteiger charge is -2.24. The van der Waals surface area contributed by atoms with Crippen LogP contribution in [0.1, 0.15) is 25.7 Å². The molecule has 1 heterocycles. The highest BCUT2D eigenvalue weighted by Gasteiger charge is 2.17. The van der Waals surface area contributed by atoms with Gasteiger partial charge in [-0.2, -0.15) is 0 Å². The number of nitrogens with two attached hydrogens (primary N) is 1. The van der Waals surface area contributed by atoms with Crippen molar-refractivity contribution in [2.24, 2.45) is 5.92 Å². The lowest BCUT2D eigenvalue weighted by Crippen LogP contribution is -2.15. The molecular formula is C10H14BrN3O. The summed E-state index contributed by atoms with van der Waals surface area (Å²) in [4.78, 5) is 7.87. The summed E-state index contributed by atoms with van der Waals surface area (Å²) in [6.07, 6.45) is 6.58. The summed E-state index contributed by atoms with van der Waals surface area (Å²) in [5.41, 5.74) is 5.61. The fourth-order valence-corrected chi connectivity index (χ4v) is 1.89. The van der Waals surface area contributed by atoms with E-state index in [1.54, 1.807) is 0 Å². The molecular weight excluding hydrogens is 258 g/mol. The summed E-state index contributed by atoms with van der Waals surface area (Å²) >= 11 is 3.30. The van der Waals surface area contributed by atoms with E-state index in [4.69, 9.17) is 10.5 Å². The van der Waals surface area contributed by atoms with E-state index in [1.165, 1.54) is 25.6 Å². The van der Waals surface area contributed by atoms with Crippen molar-refractivity contribution < 1.29 is 4.74 Å². The number of nitrogens with zero attached hydrogens (tertiary/aromatic N) is 2. The topological polar surface area (TPSA) is 61.0 Å². The Morgan fingerprint density at radius 2 is 2.27 bits per heavy atom. The van der Waals surface area contributed by atoms with Crippen molar-refractivity contribution in [2.75, 3.05) is 12.3 Å². The summed E-state index contributed by atoms with van der Waals surface area (Å²) in [5.74, 6) is 1.81. The SMILES string of the molecule is Nc1ncnc(OCCC2CCC2)c1Br. The first-order valence-corrected chi connectivity index (χ1v) is 5.95. The predicted octanol–water partition coefficient (Wildman–Crippen LogP) is 2.39. The minimum absolute atomic E-state index is 0.420. The molecule has 0 aromatic carbocycles. The Morgan fingerprint density at radius 1 is 1.47 bits per heavy atom. The minimum Gasteiger partial charge on any atom is -0.477 e. The fraction of sp³-hybridized carbons (Fsp3) is 0.600. The van der Waals surface area contributed by atoms with Crippen LogP contribution in [0.25, 0.3) is 0 Å². The first-order chi connectivity index (χ1) is 7.27. The monoisotopic (exact) mass is 271 g/mol. The molecule has 2 N–H and O–H groups in total. The first-order valence-electron chi connectivity index (χ1n) is 5.16. The van der Waals surface area contributed by atoms with Crippen LogP contribution >= 0.6 is 15.9 Å². The van der Waals surface area contributed by atoms with Crippen molar-refractivity contribution in [1.82, 2.24) is 9.97 Å². The Bertz CT molecular complexity index is 341. The Morgan fingerprint density at radius 3 is 2.93 bits per heavy atom. The summed E-state index contributed by atoms with van der Waals surface area (Å²) in [6, 6.07) is 0. The Balaban J connectivity index is 1.84. The average Bonchev–Trinajstić information content (AvgIpc) is 2.16. The van der Waals surface area contributed by atoms with E-state index in [0.29, 0.717) is 22.8 Å². The maximum absolute atomic E-state index is 5.61. The molecule has 0 aliphatic heterocycles. The summed E-state index contributed by atoms with van der Waals surface area (Å²) in [5, 5.41) is 0. The number of hydrogen-bond donors (Lipinski definition) is 1. The van der Waals surface area contributed by atoms with Crippen molar-refractivity contribution in [3.63, 3.8) is 0 Å². The normalized spacial score (nSPS) is 16.1. The largest absolute Gasteiger partial charge is 0.477 e. The van der Waals surface area contributed by atoms with Gasteiger partial charge in [-0.25, -0.2) is 9.97 Å². The standard InChI is InChI=1S/C10H14BrN3O/c11-8-9(12)13-6-14-10(8)15-5-4-7-2-1-3-7/h6-7H,1-5H2,(H2,12,13,14). The maximum Gasteiger partial charge on any atom is 0.233 e. The molecule has 1 aliphatic rings. The van der Waals surface area contributed by atoms with Crippen LogP contribution < -0.4 is 10.5 Å². The molecule has 82 valence electrons. The molecule has 0 bridgehead atoms. The van der Waals surface area contributed by atoms with Crippen molar-refractivity contribution in [2.45, 2.75) is 25.7 Å². The fourth-order valence-electron chi connectivity index (χ4n) is 1.57. The Hall–Kier alpha value is -0.840. The van der Waals surface area contributed by atoms with E-state index in [0.717, 1.165) is 12.3 Å². The van der Waals surface area contributed by atoms with Gasteiger partial charge in [0.15, 0.2) is 0 Å². The molecule has 1 aliphatic carbocycles. The smallest absolute Gasteiger partial charge is 0.233 e. The number of nitrogen functional groups attached to an aromatic ring is 1. The molecule has 0 radical (unpaired) electrons. The van der Waals surface area contributed by atoms with Crippen molar-refractivity contribution >= 4 is 21.7 Å². The molecule has 1 fully saturated rings. The molecule has 0 spiro atoms. The second-order valence-electron chi connectivity index (χ2n) is 3.81. The number of aromatic nitrogens is 2. The second kappa shape index (κ2) is 4.79. The van der Waals surface area contributed by atoms with E-state index >= 15 is 0 Å². The quantitative estimate of drug-likeness (QED) is 0.914. The van der Waals surface area contributed by atoms with E-state index in [1.807, 2.05) is 0 Å². The zero-order valence-corrected chi connectivity index (χ0v) is 10.0. The number of hydrogen-bond acceptors (Lipinski definition) is 4. The lowest BCUT2D eigenvalue weighted by molar-refractivity contribution is 0.216. The van der Waals surface area contributed by atoms with Crippen LogP contribution in [0.15, 0.2) is 10.8 Å². The molecule has 0 amide bonds. The molecule has 1 saturated carbocycles. The predicted molar refractivity (Wildman–Crippen MR) is 61.6 cm³/mol. The van der Waals surface area contributed by atoms with Gasteiger partial charge in [0.25, 0.3) is 0 Å². The number of anilines is 1. The van der Waals surface area contributed by atoms with Gasteiger partial charge in [-0.05, 0) is 28.3 Å². The van der Waals surface area contributed by atoms with Gasteiger partial charge in [0.05, 0.1) is 6.61 Å². The number of halogens is 1. The molecule has 5 heteroatoms. The Kier molecular flexibility index (Phi) is 3.41. The summed E-state index contributed by atoms with van der Waals surface area (Å²) in [6.45, 7) is 0.708. The third-order valence-electron chi connectivity index (χ3n) is 2.77. The summed E-state index contributed by atoms with van der Waals surface area (Å²) in [7, 11) is 0. The molecule has 15 heavy (non-hydrogen) atoms. The lowest BCUT2D eigenvalue weighted by atomic mass is 9.83. The van der Waals surface area contributed by atoms with Crippen LogP contribution in [-0.2, 0) is 0 Å². The van der Waals surface area contributed by atoms with Crippen molar-refractivity contribution in [3.05, 3.63) is 10.8 Å². The van der Waals surface area contributed by atoms with E-state index in [2.05, 4.69) is 25.9 Å². The first kappa shape index (κ1) is 10.7. The maximum atomic E-state index is 5.61. The highest BCUT2D eigenvalue weighted by molar-refractivity contribution is 9.10. The Labute approximate surface area is 97.4 Å². The molecule has 0 unspecified atom stereocenters. The average molecular weight is 272 g/mol. The van der Waals surface area contributed by atoms with Crippen LogP contribution in [0.3, 0.4) is 0 Å². The van der Waals surface area contributed by atoms with Gasteiger partial charge in [-0.15, -0.1) is 0 Å². The van der Waals surface area contributed by atoms with E-state index < -0.39 is 0 Å². The second-order valence-corrected chi connectivity index (χ2v) is 4.61. The van der Waals surface area contributed by atoms with Crippen molar-refractivity contribution in [1.29, 1.82) is 0 Å². The minimum atomic E-state index is 0.420. The highest BCUT2D eigenvalue weighted by Crippen LogP contribution is 2.30. The number of rotatable bonds is 4. The summed E-state index contributed by atoms with van der Waals surface area (Å²) < 4.78 is 6.20. The van der Waals surface area contributed by atoms with Gasteiger partial charge in [0, 0.05) is 0 Å². The van der Waals surface area contributed by atoms with Gasteiger partial charge in [0.2, 0.25) is 5.88 Å². The molecule has 0 saturated heterocycles. The van der Waals surface area contributed by atoms with Crippen LogP contribution in [0.4, 0.5) is 5.82 Å². The van der Waals surface area contributed by atoms with E-state index in [-0.39, 0.29) is 0 Å². The van der Waals surface area contributed by atoms with Crippen LogP contribution in [0, 0.1) is 5.92 Å². The van der Waals surface area contributed by atoms with Crippen LogP contribution in [0.5, 0.6) is 5.88 Å². The van der Waals surface area contributed by atoms with Crippen molar-refractivity contribution in [3.8, 4) is 5.88 Å². The van der Waals surface area contributed by atoms with Gasteiger partial charge in [0.1, 0.15) is 16.6 Å². The highest BCUT2D eigenvalue weighted by atomic mass is 79.9. The van der Waals surface area contributed by atoms with Crippen LogP contribution in [-0.4, -0.2) is 16.6 Å². The van der Waals surface area contributed by atoms with Crippen LogP contribution in [0.2, 0.25) is 0 Å². The molecule has 2 rings (SSSR count). The van der Waals surface area contributed by atoms with Gasteiger partial charge in [-0.1, -0.05) is 19.3 Å². The van der Waals surface area contributed by atoms with Gasteiger partial charge < -0.3 is 10.5 Å².